The SMILES string of the molecule is C=C/C=C\CC.CCC(=O)Nc1cccc2nc(C(=O)N3CCCC3CO)cn12. The van der Waals surface area contributed by atoms with Crippen LogP contribution in [0.15, 0.2) is 49.2 Å². The van der Waals surface area contributed by atoms with Crippen LogP contribution in [0.5, 0.6) is 0 Å². The molecule has 7 nitrogen and oxygen atoms in total. The van der Waals surface area contributed by atoms with Crippen LogP contribution in [-0.4, -0.2) is 50.4 Å². The Morgan fingerprint density at radius 1 is 1.38 bits per heavy atom. The van der Waals surface area contributed by atoms with Gasteiger partial charge in [-0.05, 0) is 31.4 Å². The van der Waals surface area contributed by atoms with Crippen LogP contribution in [0.3, 0.4) is 0 Å². The summed E-state index contributed by atoms with van der Waals surface area (Å²) in [5.74, 6) is 0.304. The van der Waals surface area contributed by atoms with E-state index in [-0.39, 0.29) is 24.5 Å². The monoisotopic (exact) mass is 398 g/mol. The molecule has 0 aromatic carbocycles. The van der Waals surface area contributed by atoms with E-state index in [9.17, 15) is 14.7 Å². The van der Waals surface area contributed by atoms with Crippen molar-refractivity contribution in [2.45, 2.75) is 45.6 Å². The van der Waals surface area contributed by atoms with Gasteiger partial charge in [0.25, 0.3) is 5.91 Å². The van der Waals surface area contributed by atoms with E-state index in [0.29, 0.717) is 30.1 Å². The number of hydrogen-bond acceptors (Lipinski definition) is 4. The number of aromatic nitrogens is 2. The molecule has 29 heavy (non-hydrogen) atoms. The van der Waals surface area contributed by atoms with Crippen molar-refractivity contribution in [3.8, 4) is 0 Å². The lowest BCUT2D eigenvalue weighted by Crippen LogP contribution is -2.37. The zero-order chi connectivity index (χ0) is 21.2. The highest BCUT2D eigenvalue weighted by atomic mass is 16.3. The van der Waals surface area contributed by atoms with Crippen LogP contribution in [0, 0.1) is 0 Å². The first-order valence-electron chi connectivity index (χ1n) is 10.0. The summed E-state index contributed by atoms with van der Waals surface area (Å²) in [6.45, 7) is 7.99. The van der Waals surface area contributed by atoms with Gasteiger partial charge in [0.15, 0.2) is 0 Å². The predicted octanol–water partition coefficient (Wildman–Crippen LogP) is 3.42. The lowest BCUT2D eigenvalue weighted by molar-refractivity contribution is -0.115. The Bertz CT molecular complexity index is 872. The third kappa shape index (κ3) is 5.77. The van der Waals surface area contributed by atoms with Gasteiger partial charge in [-0.25, -0.2) is 4.98 Å². The molecular weight excluding hydrogens is 368 g/mol. The molecule has 2 aromatic heterocycles. The number of imidazole rings is 1. The van der Waals surface area contributed by atoms with Crippen LogP contribution in [0.2, 0.25) is 0 Å². The molecule has 1 fully saturated rings. The number of aliphatic hydroxyl groups is 1. The molecule has 1 aliphatic rings. The van der Waals surface area contributed by atoms with Gasteiger partial charge in [0.1, 0.15) is 17.2 Å². The Hall–Kier alpha value is -2.93. The van der Waals surface area contributed by atoms with E-state index in [0.717, 1.165) is 19.3 Å². The first kappa shape index (κ1) is 22.4. The van der Waals surface area contributed by atoms with E-state index in [1.54, 1.807) is 46.7 Å². The summed E-state index contributed by atoms with van der Waals surface area (Å²) >= 11 is 0. The topological polar surface area (TPSA) is 86.9 Å². The highest BCUT2D eigenvalue weighted by molar-refractivity contribution is 5.94. The molecule has 2 amide bonds. The van der Waals surface area contributed by atoms with Gasteiger partial charge in [-0.15, -0.1) is 0 Å². The second-order valence-corrected chi connectivity index (χ2v) is 6.72. The van der Waals surface area contributed by atoms with E-state index in [1.165, 1.54) is 0 Å². The molecule has 1 saturated heterocycles. The minimum absolute atomic E-state index is 0.0308. The quantitative estimate of drug-likeness (QED) is 0.730. The van der Waals surface area contributed by atoms with Gasteiger partial charge in [0.05, 0.1) is 12.6 Å². The number of amides is 2. The molecule has 0 spiro atoms. The normalized spacial score (nSPS) is 16.0. The summed E-state index contributed by atoms with van der Waals surface area (Å²) in [5, 5.41) is 12.2. The van der Waals surface area contributed by atoms with E-state index >= 15 is 0 Å². The number of carbonyl (C=O) groups excluding carboxylic acids is 2. The zero-order valence-electron chi connectivity index (χ0n) is 17.2. The Morgan fingerprint density at radius 3 is 2.79 bits per heavy atom. The fourth-order valence-corrected chi connectivity index (χ4v) is 3.12. The minimum Gasteiger partial charge on any atom is -0.394 e. The predicted molar refractivity (Wildman–Crippen MR) is 115 cm³/mol. The number of anilines is 1. The molecule has 0 aliphatic carbocycles. The largest absolute Gasteiger partial charge is 0.394 e. The molecule has 0 bridgehead atoms. The Balaban J connectivity index is 0.000000438. The molecule has 0 saturated carbocycles. The van der Waals surface area contributed by atoms with Crippen LogP contribution in [0.4, 0.5) is 5.82 Å². The van der Waals surface area contributed by atoms with Crippen molar-refractivity contribution < 1.29 is 14.7 Å². The zero-order valence-corrected chi connectivity index (χ0v) is 17.2. The molecule has 7 heteroatoms. The number of hydrogen-bond donors (Lipinski definition) is 2. The molecule has 3 heterocycles. The van der Waals surface area contributed by atoms with Gasteiger partial charge >= 0.3 is 0 Å². The standard InChI is InChI=1S/C16H20N4O3.C6H10/c1-2-15(22)18-14-7-3-6-13-17-12(9-20(13)14)16(23)19-8-4-5-11(19)10-21;1-3-5-6-4-2/h3,6-7,9,11,21H,2,4-5,8,10H2,1H3,(H,18,22);3,5-6H,1,4H2,2H3/b;6-5-. The molecule has 2 aromatic rings. The van der Waals surface area contributed by atoms with Gasteiger partial charge in [0.2, 0.25) is 5.91 Å². The van der Waals surface area contributed by atoms with Crippen molar-refractivity contribution in [2.75, 3.05) is 18.5 Å². The summed E-state index contributed by atoms with van der Waals surface area (Å²) < 4.78 is 1.70. The van der Waals surface area contributed by atoms with Crippen molar-refractivity contribution in [1.29, 1.82) is 0 Å². The summed E-state index contributed by atoms with van der Waals surface area (Å²) in [7, 11) is 0. The highest BCUT2D eigenvalue weighted by Gasteiger charge is 2.30. The average molecular weight is 399 g/mol. The van der Waals surface area contributed by atoms with E-state index < -0.39 is 0 Å². The first-order valence-corrected chi connectivity index (χ1v) is 10.0. The molecule has 2 N–H and O–H groups in total. The number of nitrogens with one attached hydrogen (secondary N) is 1. The molecule has 1 unspecified atom stereocenters. The van der Waals surface area contributed by atoms with Crippen LogP contribution < -0.4 is 5.32 Å². The number of nitrogens with zero attached hydrogens (tertiary/aromatic N) is 3. The third-order valence-electron chi connectivity index (χ3n) is 4.66. The van der Waals surface area contributed by atoms with Crippen molar-refractivity contribution >= 4 is 23.3 Å². The highest BCUT2D eigenvalue weighted by Crippen LogP contribution is 2.21. The van der Waals surface area contributed by atoms with Gasteiger partial charge < -0.3 is 15.3 Å². The van der Waals surface area contributed by atoms with E-state index in [2.05, 4.69) is 29.9 Å². The van der Waals surface area contributed by atoms with Crippen LogP contribution in [0.1, 0.15) is 50.0 Å². The number of fused-ring (bicyclic) bond motifs is 1. The molecule has 1 aliphatic heterocycles. The number of likely N-dealkylation sites (tertiary alicyclic amines) is 1. The van der Waals surface area contributed by atoms with Gasteiger partial charge in [0, 0.05) is 19.2 Å². The smallest absolute Gasteiger partial charge is 0.274 e. The Morgan fingerprint density at radius 2 is 2.17 bits per heavy atom. The van der Waals surface area contributed by atoms with Crippen LogP contribution in [0.25, 0.3) is 5.65 Å². The molecule has 1 atom stereocenters. The number of aliphatic hydroxyl groups excluding tert-OH is 1. The molecule has 0 radical (unpaired) electrons. The van der Waals surface area contributed by atoms with Crippen molar-refractivity contribution in [3.05, 3.63) is 54.9 Å². The van der Waals surface area contributed by atoms with E-state index in [4.69, 9.17) is 0 Å². The van der Waals surface area contributed by atoms with Gasteiger partial charge in [-0.2, -0.15) is 0 Å². The van der Waals surface area contributed by atoms with Gasteiger partial charge in [-0.3, -0.25) is 14.0 Å². The summed E-state index contributed by atoms with van der Waals surface area (Å²) in [5.41, 5.74) is 0.922. The third-order valence-corrected chi connectivity index (χ3v) is 4.66. The maximum Gasteiger partial charge on any atom is 0.274 e. The number of rotatable bonds is 6. The Kier molecular flexibility index (Phi) is 8.61. The fourth-order valence-electron chi connectivity index (χ4n) is 3.12. The maximum atomic E-state index is 12.6. The van der Waals surface area contributed by atoms with E-state index in [1.807, 2.05) is 6.08 Å². The fraction of sp³-hybridized carbons (Fsp3) is 0.409. The van der Waals surface area contributed by atoms with Crippen molar-refractivity contribution in [3.63, 3.8) is 0 Å². The molecule has 3 rings (SSSR count). The van der Waals surface area contributed by atoms with Crippen molar-refractivity contribution in [1.82, 2.24) is 14.3 Å². The lowest BCUT2D eigenvalue weighted by atomic mass is 10.2. The Labute approximate surface area is 171 Å². The summed E-state index contributed by atoms with van der Waals surface area (Å²) in [4.78, 5) is 30.3. The average Bonchev–Trinajstić information content (AvgIpc) is 3.39. The molecule has 156 valence electrons. The second kappa shape index (κ2) is 11.2. The number of pyridine rings is 1. The van der Waals surface area contributed by atoms with Crippen molar-refractivity contribution in [2.24, 2.45) is 0 Å². The molecular formula is C22H30N4O3. The second-order valence-electron chi connectivity index (χ2n) is 6.72. The van der Waals surface area contributed by atoms with Crippen LogP contribution >= 0.6 is 0 Å². The number of allylic oxidation sites excluding steroid dienone is 3. The summed E-state index contributed by atoms with van der Waals surface area (Å²) in [6, 6.07) is 5.20. The van der Waals surface area contributed by atoms with Gasteiger partial charge in [-0.1, -0.05) is 44.7 Å². The summed E-state index contributed by atoms with van der Waals surface area (Å²) in [6.07, 6.45) is 10.6. The maximum absolute atomic E-state index is 12.6. The lowest BCUT2D eigenvalue weighted by Gasteiger charge is -2.21. The number of carbonyl (C=O) groups is 2. The first-order chi connectivity index (χ1) is 14.0. The minimum atomic E-state index is -0.182. The van der Waals surface area contributed by atoms with Crippen LogP contribution in [-0.2, 0) is 4.79 Å².